The van der Waals surface area contributed by atoms with Crippen LogP contribution in [0.3, 0.4) is 0 Å². The lowest BCUT2D eigenvalue weighted by Crippen LogP contribution is -2.35. The van der Waals surface area contributed by atoms with Crippen molar-refractivity contribution in [2.45, 2.75) is 36.6 Å². The molecule has 0 radical (unpaired) electrons. The Morgan fingerprint density at radius 2 is 0.338 bits per heavy atom. The standard InChI is InChI=1S/C48H98O21S8/c70-23-15-49-1-2-56-31-43(62-9-3-50-16-24-71)32-57-33-44(63-10-4-51-17-25-72)34-58-35-45(64-11-5-52-18-26-73)36-59-37-46(65-12-6-53-19-27-74)38-60-39-47(66-13-7-54-20-28-75)40-61-41-48(42-69-68-22-30-77)67-14-8-55-21-29-76/h43-48,70-77H,1-42H2. The van der Waals surface area contributed by atoms with E-state index in [1.807, 2.05) is 0 Å². The number of ether oxygens (including phenoxy) is 19. The van der Waals surface area contributed by atoms with Crippen molar-refractivity contribution >= 4 is 101 Å². The molecule has 0 saturated heterocycles. The van der Waals surface area contributed by atoms with Gasteiger partial charge in [0.1, 0.15) is 43.2 Å². The van der Waals surface area contributed by atoms with E-state index in [4.69, 9.17) is 99.8 Å². The smallest absolute Gasteiger partial charge is 0.111 e. The van der Waals surface area contributed by atoms with E-state index in [1.54, 1.807) is 0 Å². The van der Waals surface area contributed by atoms with Crippen molar-refractivity contribution in [3.05, 3.63) is 0 Å². The van der Waals surface area contributed by atoms with Crippen molar-refractivity contribution in [2.75, 3.05) is 271 Å². The van der Waals surface area contributed by atoms with Gasteiger partial charge < -0.3 is 90.0 Å². The summed E-state index contributed by atoms with van der Waals surface area (Å²) < 4.78 is 112. The van der Waals surface area contributed by atoms with Crippen LogP contribution in [-0.2, 0) is 99.8 Å². The Kier molecular flexibility index (Phi) is 68.8. The van der Waals surface area contributed by atoms with Gasteiger partial charge in [0, 0.05) is 46.0 Å². The summed E-state index contributed by atoms with van der Waals surface area (Å²) in [5.41, 5.74) is 0. The summed E-state index contributed by atoms with van der Waals surface area (Å²) in [6.45, 7) is 11.6. The van der Waals surface area contributed by atoms with Gasteiger partial charge in [-0.15, -0.1) is 0 Å². The minimum Gasteiger partial charge on any atom is -0.378 e. The van der Waals surface area contributed by atoms with Crippen molar-refractivity contribution in [3.63, 3.8) is 0 Å². The molecule has 0 rings (SSSR count). The lowest BCUT2D eigenvalue weighted by atomic mass is 10.3. The van der Waals surface area contributed by atoms with Gasteiger partial charge in [0.15, 0.2) is 0 Å². The van der Waals surface area contributed by atoms with Gasteiger partial charge in [0.25, 0.3) is 0 Å². The van der Waals surface area contributed by atoms with Crippen LogP contribution in [0.25, 0.3) is 0 Å². The summed E-state index contributed by atoms with van der Waals surface area (Å²) in [6, 6.07) is 0. The van der Waals surface area contributed by atoms with Crippen molar-refractivity contribution in [3.8, 4) is 0 Å². The van der Waals surface area contributed by atoms with Gasteiger partial charge in [-0.2, -0.15) is 101 Å². The highest BCUT2D eigenvalue weighted by Crippen LogP contribution is 2.07. The molecular weight excluding hydrogens is 1170 g/mol. The third-order valence-electron chi connectivity index (χ3n) is 9.36. The Labute approximate surface area is 504 Å². The topological polar surface area (TPSA) is 194 Å². The molecule has 0 fully saturated rings. The van der Waals surface area contributed by atoms with Crippen LogP contribution >= 0.6 is 101 Å². The molecule has 0 aromatic heterocycles. The molecule has 0 aliphatic rings. The molecule has 0 heterocycles. The van der Waals surface area contributed by atoms with Gasteiger partial charge in [0.05, 0.1) is 218 Å². The van der Waals surface area contributed by atoms with Gasteiger partial charge in [-0.1, -0.05) is 0 Å². The molecule has 0 aromatic carbocycles. The summed E-state index contributed by atoms with van der Waals surface area (Å²) in [4.78, 5) is 10.5. The molecule has 0 saturated carbocycles. The molecule has 29 heteroatoms. The Morgan fingerprint density at radius 1 is 0.156 bits per heavy atom. The zero-order chi connectivity index (χ0) is 56.0. The average molecular weight is 1270 g/mol. The zero-order valence-corrected chi connectivity index (χ0v) is 52.5. The van der Waals surface area contributed by atoms with Crippen molar-refractivity contribution in [2.24, 2.45) is 0 Å². The van der Waals surface area contributed by atoms with E-state index >= 15 is 0 Å². The number of thiol groups is 8. The number of hydrogen-bond donors (Lipinski definition) is 8. The van der Waals surface area contributed by atoms with Crippen LogP contribution in [0.1, 0.15) is 0 Å². The maximum atomic E-state index is 6.26. The normalized spacial score (nSPS) is 14.3. The van der Waals surface area contributed by atoms with Crippen LogP contribution in [-0.4, -0.2) is 307 Å². The molecule has 0 spiro atoms. The van der Waals surface area contributed by atoms with Crippen LogP contribution in [0.4, 0.5) is 0 Å². The Bertz CT molecular complexity index is 1130. The molecule has 0 bridgehead atoms. The molecule has 0 aromatic rings. The summed E-state index contributed by atoms with van der Waals surface area (Å²) in [5, 5.41) is 0. The van der Waals surface area contributed by atoms with E-state index in [1.165, 1.54) is 0 Å². The first-order valence-corrected chi connectivity index (χ1v) is 31.4. The quantitative estimate of drug-likeness (QED) is 0.0192. The second kappa shape index (κ2) is 67.1. The van der Waals surface area contributed by atoms with E-state index in [0.717, 1.165) is 0 Å². The molecule has 6 atom stereocenters. The second-order valence-electron chi connectivity index (χ2n) is 15.9. The predicted molar refractivity (Wildman–Crippen MR) is 322 cm³/mol. The molecule has 0 N–H and O–H groups in total. The van der Waals surface area contributed by atoms with Crippen molar-refractivity contribution < 1.29 is 99.8 Å². The van der Waals surface area contributed by atoms with Crippen LogP contribution in [0.2, 0.25) is 0 Å². The first-order valence-electron chi connectivity index (χ1n) is 26.3. The Hall–Kier alpha value is 1.96. The van der Waals surface area contributed by atoms with E-state index in [2.05, 4.69) is 101 Å². The highest BCUT2D eigenvalue weighted by atomic mass is 32.1. The fourth-order valence-corrected chi connectivity index (χ4v) is 6.86. The maximum absolute atomic E-state index is 6.26. The van der Waals surface area contributed by atoms with E-state index in [9.17, 15) is 0 Å². The largest absolute Gasteiger partial charge is 0.378 e. The predicted octanol–water partition coefficient (Wildman–Crippen LogP) is 2.90. The molecule has 6 unspecified atom stereocenters. The lowest BCUT2D eigenvalue weighted by molar-refractivity contribution is -0.306. The van der Waals surface area contributed by atoms with Gasteiger partial charge in [0.2, 0.25) is 0 Å². The molecule has 0 aliphatic heterocycles. The van der Waals surface area contributed by atoms with Crippen LogP contribution in [0.15, 0.2) is 0 Å². The van der Waals surface area contributed by atoms with Gasteiger partial charge in [-0.25, -0.2) is 9.78 Å². The van der Waals surface area contributed by atoms with Crippen molar-refractivity contribution in [1.29, 1.82) is 0 Å². The molecule has 21 nitrogen and oxygen atoms in total. The summed E-state index contributed by atoms with van der Waals surface area (Å²) >= 11 is 33.7. The Morgan fingerprint density at radius 3 is 0.558 bits per heavy atom. The van der Waals surface area contributed by atoms with E-state index in [-0.39, 0.29) is 78.8 Å². The SMILES string of the molecule is SCCOCCOCC(COCC(COCC(COCC(COCC(COCC(COOCCS)OCCOCCS)OCCOCCS)OCCOCCS)OCCOCCS)OCCOCCS)OCCOCCS. The summed E-state index contributed by atoms with van der Waals surface area (Å²) in [7, 11) is 0. The monoisotopic (exact) mass is 1270 g/mol. The van der Waals surface area contributed by atoms with E-state index in [0.29, 0.717) is 198 Å². The summed E-state index contributed by atoms with van der Waals surface area (Å²) in [6.07, 6.45) is -2.63. The fourth-order valence-electron chi connectivity index (χ4n) is 5.88. The minimum absolute atomic E-state index is 0.146. The maximum Gasteiger partial charge on any atom is 0.111 e. The van der Waals surface area contributed by atoms with Gasteiger partial charge in [-0.3, -0.25) is 0 Å². The van der Waals surface area contributed by atoms with Crippen LogP contribution < -0.4 is 0 Å². The van der Waals surface area contributed by atoms with Gasteiger partial charge in [-0.05, 0) is 0 Å². The van der Waals surface area contributed by atoms with Crippen molar-refractivity contribution in [1.82, 2.24) is 0 Å². The zero-order valence-electron chi connectivity index (χ0n) is 45.3. The summed E-state index contributed by atoms with van der Waals surface area (Å²) in [5.74, 6) is 4.77. The van der Waals surface area contributed by atoms with Gasteiger partial charge >= 0.3 is 0 Å². The highest BCUT2D eigenvalue weighted by molar-refractivity contribution is 7.81. The minimum atomic E-state index is -0.475. The first kappa shape index (κ1) is 79.0. The number of hydrogen-bond acceptors (Lipinski definition) is 29. The Balaban J connectivity index is 5.79. The molecule has 77 heavy (non-hydrogen) atoms. The van der Waals surface area contributed by atoms with E-state index < -0.39 is 30.5 Å². The second-order valence-corrected chi connectivity index (χ2v) is 19.5. The lowest BCUT2D eigenvalue weighted by Gasteiger charge is -2.24. The first-order chi connectivity index (χ1) is 38.0. The third kappa shape index (κ3) is 58.1. The third-order valence-corrected chi connectivity index (χ3v) is 10.8. The number of rotatable bonds is 68. The average Bonchev–Trinajstić information content (AvgIpc) is 3.43. The molecule has 0 amide bonds. The molecule has 0 aliphatic carbocycles. The fraction of sp³-hybridized carbons (Fsp3) is 1.00. The molecule has 464 valence electrons. The molecular formula is C48H98O21S8. The van der Waals surface area contributed by atoms with Crippen LogP contribution in [0, 0.1) is 0 Å². The highest BCUT2D eigenvalue weighted by Gasteiger charge is 2.20. The van der Waals surface area contributed by atoms with Crippen LogP contribution in [0.5, 0.6) is 0 Å².